The van der Waals surface area contributed by atoms with Crippen molar-refractivity contribution >= 4 is 28.6 Å². The molecule has 0 heterocycles. The SMILES string of the molecule is O=CN(OCc1ccccc1)c1cc([N+](=O)[O-])cc2ccccc12. The molecule has 6 heteroatoms. The zero-order chi connectivity index (χ0) is 16.9. The fourth-order valence-corrected chi connectivity index (χ4v) is 2.44. The van der Waals surface area contributed by atoms with Crippen molar-refractivity contribution in [1.29, 1.82) is 0 Å². The molecule has 1 amide bonds. The zero-order valence-electron chi connectivity index (χ0n) is 12.7. The topological polar surface area (TPSA) is 72.7 Å². The summed E-state index contributed by atoms with van der Waals surface area (Å²) >= 11 is 0. The maximum atomic E-state index is 11.5. The average molecular weight is 322 g/mol. The van der Waals surface area contributed by atoms with Crippen molar-refractivity contribution in [2.24, 2.45) is 0 Å². The minimum atomic E-state index is -0.490. The second-order valence-corrected chi connectivity index (χ2v) is 5.13. The number of nitro groups is 1. The molecule has 0 unspecified atom stereocenters. The van der Waals surface area contributed by atoms with Gasteiger partial charge >= 0.3 is 0 Å². The Bertz CT molecular complexity index is 881. The van der Waals surface area contributed by atoms with E-state index in [-0.39, 0.29) is 12.3 Å². The van der Waals surface area contributed by atoms with Crippen molar-refractivity contribution in [3.05, 3.63) is 82.4 Å². The molecule has 120 valence electrons. The molecule has 0 aliphatic heterocycles. The lowest BCUT2D eigenvalue weighted by atomic mass is 10.1. The summed E-state index contributed by atoms with van der Waals surface area (Å²) in [6.45, 7) is 0.177. The molecule has 0 aromatic heterocycles. The Kier molecular flexibility index (Phi) is 4.49. The maximum Gasteiger partial charge on any atom is 0.272 e. The van der Waals surface area contributed by atoms with Crippen LogP contribution < -0.4 is 5.06 Å². The average Bonchev–Trinajstić information content (AvgIpc) is 2.62. The minimum absolute atomic E-state index is 0.0983. The normalized spacial score (nSPS) is 10.5. The fraction of sp³-hybridized carbons (Fsp3) is 0.0556. The molecule has 6 nitrogen and oxygen atoms in total. The van der Waals surface area contributed by atoms with Gasteiger partial charge in [0, 0.05) is 17.5 Å². The summed E-state index contributed by atoms with van der Waals surface area (Å²) in [6.07, 6.45) is 0.508. The number of nitro benzene ring substituents is 1. The number of non-ortho nitro benzene ring substituents is 1. The van der Waals surface area contributed by atoms with Crippen molar-refractivity contribution < 1.29 is 14.6 Å². The zero-order valence-corrected chi connectivity index (χ0v) is 12.7. The van der Waals surface area contributed by atoms with Crippen LogP contribution in [0.5, 0.6) is 0 Å². The van der Waals surface area contributed by atoms with E-state index in [2.05, 4.69) is 0 Å². The molecule has 0 radical (unpaired) electrons. The van der Waals surface area contributed by atoms with Crippen molar-refractivity contribution in [3.8, 4) is 0 Å². The summed E-state index contributed by atoms with van der Waals surface area (Å²) in [5.41, 5.74) is 1.13. The third-order valence-electron chi connectivity index (χ3n) is 3.58. The molecule has 0 aliphatic carbocycles. The first-order valence-corrected chi connectivity index (χ1v) is 7.27. The summed E-state index contributed by atoms with van der Waals surface area (Å²) in [5.74, 6) is 0. The van der Waals surface area contributed by atoms with E-state index in [0.29, 0.717) is 22.9 Å². The molecule has 0 saturated heterocycles. The number of hydrogen-bond donors (Lipinski definition) is 0. The predicted octanol–water partition coefficient (Wildman–Crippen LogP) is 3.84. The van der Waals surface area contributed by atoms with Crippen LogP contribution in [-0.4, -0.2) is 11.3 Å². The van der Waals surface area contributed by atoms with Gasteiger partial charge in [0.25, 0.3) is 5.69 Å². The number of hydrogen-bond acceptors (Lipinski definition) is 4. The smallest absolute Gasteiger partial charge is 0.272 e. The van der Waals surface area contributed by atoms with E-state index in [0.717, 1.165) is 10.6 Å². The highest BCUT2D eigenvalue weighted by atomic mass is 16.7. The molecule has 0 spiro atoms. The third-order valence-corrected chi connectivity index (χ3v) is 3.58. The monoisotopic (exact) mass is 322 g/mol. The van der Waals surface area contributed by atoms with Crippen LogP contribution in [0.4, 0.5) is 11.4 Å². The number of hydroxylamine groups is 1. The molecule has 0 bridgehead atoms. The van der Waals surface area contributed by atoms with Crippen LogP contribution in [0, 0.1) is 10.1 Å². The van der Waals surface area contributed by atoms with Gasteiger partial charge in [0.2, 0.25) is 6.41 Å². The van der Waals surface area contributed by atoms with Crippen LogP contribution in [0.2, 0.25) is 0 Å². The lowest BCUT2D eigenvalue weighted by molar-refractivity contribution is -0.384. The number of amides is 1. The van der Waals surface area contributed by atoms with Crippen molar-refractivity contribution in [3.63, 3.8) is 0 Å². The molecule has 24 heavy (non-hydrogen) atoms. The summed E-state index contributed by atoms with van der Waals surface area (Å²) in [4.78, 5) is 27.7. The second kappa shape index (κ2) is 6.89. The molecule has 3 aromatic rings. The summed E-state index contributed by atoms with van der Waals surface area (Å²) in [5, 5.41) is 13.5. The molecule has 0 aliphatic rings. The van der Waals surface area contributed by atoms with E-state index in [9.17, 15) is 14.9 Å². The Labute approximate surface area is 138 Å². The summed E-state index contributed by atoms with van der Waals surface area (Å²) in [7, 11) is 0. The van der Waals surface area contributed by atoms with E-state index in [1.165, 1.54) is 12.1 Å². The number of nitrogens with zero attached hydrogens (tertiary/aromatic N) is 2. The van der Waals surface area contributed by atoms with Gasteiger partial charge in [-0.2, -0.15) is 5.06 Å². The first kappa shape index (κ1) is 15.6. The highest BCUT2D eigenvalue weighted by Gasteiger charge is 2.17. The highest BCUT2D eigenvalue weighted by molar-refractivity contribution is 5.99. The number of fused-ring (bicyclic) bond motifs is 1. The van der Waals surface area contributed by atoms with Gasteiger partial charge < -0.3 is 0 Å². The number of carbonyl (C=O) groups is 1. The first-order chi connectivity index (χ1) is 11.7. The van der Waals surface area contributed by atoms with Gasteiger partial charge in [-0.05, 0) is 10.9 Å². The lowest BCUT2D eigenvalue weighted by Crippen LogP contribution is -2.21. The Hall–Kier alpha value is -3.25. The second-order valence-electron chi connectivity index (χ2n) is 5.13. The van der Waals surface area contributed by atoms with E-state index in [4.69, 9.17) is 4.84 Å². The van der Waals surface area contributed by atoms with Crippen LogP contribution in [0.3, 0.4) is 0 Å². The first-order valence-electron chi connectivity index (χ1n) is 7.27. The molecule has 0 atom stereocenters. The van der Waals surface area contributed by atoms with Gasteiger partial charge in [0.15, 0.2) is 0 Å². The number of benzene rings is 3. The van der Waals surface area contributed by atoms with Gasteiger partial charge in [-0.1, -0.05) is 54.6 Å². The molecular weight excluding hydrogens is 308 g/mol. The van der Waals surface area contributed by atoms with E-state index >= 15 is 0 Å². The quantitative estimate of drug-likeness (QED) is 0.392. The maximum absolute atomic E-state index is 11.5. The Morgan fingerprint density at radius 1 is 1.04 bits per heavy atom. The molecule has 3 rings (SSSR count). The number of carbonyl (C=O) groups excluding carboxylic acids is 1. The summed E-state index contributed by atoms with van der Waals surface area (Å²) < 4.78 is 0. The molecule has 0 saturated carbocycles. The molecule has 0 N–H and O–H groups in total. The number of anilines is 1. The Morgan fingerprint density at radius 3 is 2.46 bits per heavy atom. The van der Waals surface area contributed by atoms with Crippen molar-refractivity contribution in [2.45, 2.75) is 6.61 Å². The van der Waals surface area contributed by atoms with E-state index in [1.54, 1.807) is 24.3 Å². The van der Waals surface area contributed by atoms with Crippen molar-refractivity contribution in [2.75, 3.05) is 5.06 Å². The minimum Gasteiger partial charge on any atom is -0.276 e. The van der Waals surface area contributed by atoms with Crippen LogP contribution in [0.25, 0.3) is 10.8 Å². The van der Waals surface area contributed by atoms with Crippen LogP contribution in [-0.2, 0) is 16.2 Å². The molecule has 0 fully saturated rings. The third kappa shape index (κ3) is 3.23. The molecular formula is C18H14N2O4. The Morgan fingerprint density at radius 2 is 1.75 bits per heavy atom. The van der Waals surface area contributed by atoms with Gasteiger partial charge in [-0.25, -0.2) is 0 Å². The van der Waals surface area contributed by atoms with Crippen LogP contribution in [0.1, 0.15) is 5.56 Å². The summed E-state index contributed by atoms with van der Waals surface area (Å²) in [6, 6.07) is 19.3. The lowest BCUT2D eigenvalue weighted by Gasteiger charge is -2.18. The van der Waals surface area contributed by atoms with Gasteiger partial charge in [-0.3, -0.25) is 19.7 Å². The van der Waals surface area contributed by atoms with Crippen LogP contribution >= 0.6 is 0 Å². The van der Waals surface area contributed by atoms with E-state index < -0.39 is 4.92 Å². The van der Waals surface area contributed by atoms with Crippen LogP contribution in [0.15, 0.2) is 66.7 Å². The highest BCUT2D eigenvalue weighted by Crippen LogP contribution is 2.31. The van der Waals surface area contributed by atoms with E-state index in [1.807, 2.05) is 30.3 Å². The van der Waals surface area contributed by atoms with Gasteiger partial charge in [0.05, 0.1) is 10.6 Å². The van der Waals surface area contributed by atoms with Gasteiger partial charge in [0.1, 0.15) is 6.61 Å². The number of rotatable bonds is 6. The Balaban J connectivity index is 1.98. The van der Waals surface area contributed by atoms with Gasteiger partial charge in [-0.15, -0.1) is 0 Å². The fourth-order valence-electron chi connectivity index (χ4n) is 2.44. The standard InChI is InChI=1S/C18H14N2O4/c21-13-19(24-12-14-6-2-1-3-7-14)18-11-16(20(22)23)10-15-8-4-5-9-17(15)18/h1-11,13H,12H2. The molecule has 3 aromatic carbocycles. The largest absolute Gasteiger partial charge is 0.276 e. The predicted molar refractivity (Wildman–Crippen MR) is 90.4 cm³/mol. The van der Waals surface area contributed by atoms with Crippen molar-refractivity contribution in [1.82, 2.24) is 0 Å².